The lowest BCUT2D eigenvalue weighted by Gasteiger charge is -2.32. The molecule has 27 heavy (non-hydrogen) atoms. The van der Waals surface area contributed by atoms with E-state index < -0.39 is 18.9 Å². The first-order valence-electron chi connectivity index (χ1n) is 9.48. The lowest BCUT2D eigenvalue weighted by Crippen LogP contribution is -2.26. The molecule has 2 aromatic rings. The predicted molar refractivity (Wildman–Crippen MR) is 114 cm³/mol. The maximum Gasteiger partial charge on any atom is 0.440 e. The Kier molecular flexibility index (Phi) is 6.33. The highest BCUT2D eigenvalue weighted by molar-refractivity contribution is 7.52. The van der Waals surface area contributed by atoms with Crippen LogP contribution in [0.2, 0.25) is 0 Å². The maximum atomic E-state index is 14.0. The van der Waals surface area contributed by atoms with Crippen LogP contribution in [0.4, 0.5) is 0 Å². The highest BCUT2D eigenvalue weighted by atomic mass is 31.2. The molecule has 1 heterocycles. The number of aryl methyl sites for hydroxylation is 1. The van der Waals surface area contributed by atoms with Crippen LogP contribution in [0.1, 0.15) is 52.7 Å². The van der Waals surface area contributed by atoms with Crippen molar-refractivity contribution in [2.45, 2.75) is 66.1 Å². The van der Waals surface area contributed by atoms with Gasteiger partial charge in [-0.2, -0.15) is 0 Å². The summed E-state index contributed by atoms with van der Waals surface area (Å²) in [5.74, 6) is 0. The highest BCUT2D eigenvalue weighted by Gasteiger charge is 2.38. The first-order valence-corrected chi connectivity index (χ1v) is 11.0. The average Bonchev–Trinajstić information content (AvgIpc) is 2.79. The Morgan fingerprint density at radius 1 is 1.04 bits per heavy atom. The lowest BCUT2D eigenvalue weighted by atomic mass is 10.1. The Bertz CT molecular complexity index is 821. The minimum atomic E-state index is -3.60. The van der Waals surface area contributed by atoms with Gasteiger partial charge >= 0.3 is 7.75 Å². The predicted octanol–water partition coefficient (Wildman–Crippen LogP) is 5.64. The molecule has 0 radical (unpaired) electrons. The molecule has 0 unspecified atom stereocenters. The summed E-state index contributed by atoms with van der Waals surface area (Å²) in [5, 5.41) is 1.10. The topological polar surface area (TPSA) is 43.7 Å². The summed E-state index contributed by atoms with van der Waals surface area (Å²) in [7, 11) is 0.514. The summed E-state index contributed by atoms with van der Waals surface area (Å²) in [6, 6.07) is 6.19. The van der Waals surface area contributed by atoms with Gasteiger partial charge in [0.15, 0.2) is 0 Å². The van der Waals surface area contributed by atoms with Gasteiger partial charge < -0.3 is 4.90 Å². The summed E-state index contributed by atoms with van der Waals surface area (Å²) in [6.07, 6.45) is 2.82. The van der Waals surface area contributed by atoms with Crippen LogP contribution < -0.4 is 0 Å². The van der Waals surface area contributed by atoms with E-state index in [1.165, 1.54) is 5.56 Å². The average molecular weight is 394 g/mol. The van der Waals surface area contributed by atoms with Gasteiger partial charge in [-0.15, -0.1) is 0 Å². The van der Waals surface area contributed by atoms with Crippen molar-refractivity contribution in [3.8, 4) is 0 Å². The van der Waals surface area contributed by atoms with Gasteiger partial charge in [-0.3, -0.25) is 13.4 Å². The fraction of sp³-hybridized carbons (Fsp3) is 0.619. The van der Waals surface area contributed by atoms with E-state index in [0.717, 1.165) is 29.4 Å². The van der Waals surface area contributed by atoms with Crippen LogP contribution in [-0.2, 0) is 20.0 Å². The van der Waals surface area contributed by atoms with Gasteiger partial charge in [-0.05, 0) is 86.7 Å². The molecule has 0 N–H and O–H groups in total. The van der Waals surface area contributed by atoms with E-state index in [1.807, 2.05) is 59.9 Å². The fourth-order valence-electron chi connectivity index (χ4n) is 2.94. The van der Waals surface area contributed by atoms with E-state index in [9.17, 15) is 4.57 Å². The monoisotopic (exact) mass is 394 g/mol. The van der Waals surface area contributed by atoms with Gasteiger partial charge in [0, 0.05) is 18.1 Å². The van der Waals surface area contributed by atoms with Gasteiger partial charge in [0.1, 0.15) is 0 Å². The third kappa shape index (κ3) is 5.92. The van der Waals surface area contributed by atoms with E-state index in [1.54, 1.807) is 4.34 Å². The van der Waals surface area contributed by atoms with Crippen molar-refractivity contribution in [3.63, 3.8) is 0 Å². The maximum absolute atomic E-state index is 14.0. The molecule has 0 amide bonds. The molecular formula is C21H35N2O3P. The molecule has 0 fully saturated rings. The number of fused-ring (bicyclic) bond motifs is 1. The molecule has 6 heteroatoms. The van der Waals surface area contributed by atoms with E-state index in [0.29, 0.717) is 0 Å². The zero-order valence-electron chi connectivity index (χ0n) is 18.3. The number of likely N-dealkylation sites (N-methyl/N-ethyl adjacent to an activating group) is 1. The molecule has 2 rings (SSSR count). The smallest absolute Gasteiger partial charge is 0.309 e. The molecule has 0 saturated carbocycles. The third-order valence-corrected chi connectivity index (χ3v) is 6.31. The zero-order valence-corrected chi connectivity index (χ0v) is 19.2. The molecule has 0 aliphatic heterocycles. The van der Waals surface area contributed by atoms with E-state index in [2.05, 4.69) is 32.0 Å². The summed E-state index contributed by atoms with van der Waals surface area (Å²) >= 11 is 0. The van der Waals surface area contributed by atoms with Gasteiger partial charge in [0.2, 0.25) is 0 Å². The first-order chi connectivity index (χ1) is 12.2. The largest absolute Gasteiger partial charge is 0.440 e. The van der Waals surface area contributed by atoms with Crippen LogP contribution in [0.3, 0.4) is 0 Å². The summed E-state index contributed by atoms with van der Waals surface area (Å²) in [5.41, 5.74) is 2.00. The second-order valence-corrected chi connectivity index (χ2v) is 11.2. The number of rotatable bonds is 6. The second kappa shape index (κ2) is 7.71. The van der Waals surface area contributed by atoms with Crippen LogP contribution in [-0.4, -0.2) is 41.1 Å². The van der Waals surface area contributed by atoms with Crippen LogP contribution in [0.5, 0.6) is 0 Å². The van der Waals surface area contributed by atoms with Crippen molar-refractivity contribution < 1.29 is 13.6 Å². The number of aromatic nitrogens is 1. The standard InChI is InChI=1S/C21H35N2O3P/c1-16-10-11-19-18(14-16)17(12-13-22(8)9)15-23(19)27(24,25-20(2,3)4)26-21(5,6)7/h10-11,14-15H,12-13H2,1-9H3. The fourth-order valence-corrected chi connectivity index (χ4v) is 5.25. The van der Waals surface area contributed by atoms with Crippen molar-refractivity contribution in [3.05, 3.63) is 35.5 Å². The van der Waals surface area contributed by atoms with Gasteiger partial charge in [0.05, 0.1) is 16.7 Å². The Labute approximate surface area is 164 Å². The van der Waals surface area contributed by atoms with E-state index in [-0.39, 0.29) is 0 Å². The molecule has 0 aliphatic carbocycles. The number of hydrogen-bond donors (Lipinski definition) is 0. The molecular weight excluding hydrogens is 359 g/mol. The molecule has 0 aliphatic rings. The van der Waals surface area contributed by atoms with E-state index >= 15 is 0 Å². The third-order valence-electron chi connectivity index (χ3n) is 3.89. The Hall–Kier alpha value is -1.13. The van der Waals surface area contributed by atoms with Crippen molar-refractivity contribution in [1.82, 2.24) is 9.24 Å². The minimum Gasteiger partial charge on any atom is -0.309 e. The quantitative estimate of drug-likeness (QED) is 0.595. The minimum absolute atomic E-state index is 0.605. The van der Waals surface area contributed by atoms with Crippen molar-refractivity contribution in [2.75, 3.05) is 20.6 Å². The van der Waals surface area contributed by atoms with Crippen molar-refractivity contribution >= 4 is 18.6 Å². The number of benzene rings is 1. The van der Waals surface area contributed by atoms with Crippen LogP contribution >= 0.6 is 7.75 Å². The molecule has 1 aromatic heterocycles. The van der Waals surface area contributed by atoms with Crippen molar-refractivity contribution in [1.29, 1.82) is 0 Å². The molecule has 5 nitrogen and oxygen atoms in total. The van der Waals surface area contributed by atoms with E-state index in [4.69, 9.17) is 9.05 Å². The van der Waals surface area contributed by atoms with Gasteiger partial charge in [-0.25, -0.2) is 4.57 Å². The number of hydrogen-bond acceptors (Lipinski definition) is 4. The zero-order chi connectivity index (χ0) is 20.6. The van der Waals surface area contributed by atoms with Gasteiger partial charge in [0.25, 0.3) is 0 Å². The van der Waals surface area contributed by atoms with Gasteiger partial charge in [-0.1, -0.05) is 11.6 Å². The Morgan fingerprint density at radius 3 is 2.07 bits per heavy atom. The molecule has 1 aromatic carbocycles. The SMILES string of the molecule is Cc1ccc2c(c1)c(CCN(C)C)cn2P(=O)(OC(C)(C)C)OC(C)(C)C. The molecule has 0 bridgehead atoms. The molecule has 0 atom stereocenters. The number of nitrogens with zero attached hydrogens (tertiary/aromatic N) is 2. The summed E-state index contributed by atoms with van der Waals surface area (Å²) in [6.45, 7) is 14.4. The van der Waals surface area contributed by atoms with Crippen LogP contribution in [0, 0.1) is 6.92 Å². The van der Waals surface area contributed by atoms with Crippen molar-refractivity contribution in [2.24, 2.45) is 0 Å². The summed E-state index contributed by atoms with van der Waals surface area (Å²) < 4.78 is 27.8. The summed E-state index contributed by atoms with van der Waals surface area (Å²) in [4.78, 5) is 2.15. The molecule has 152 valence electrons. The Balaban J connectivity index is 2.66. The van der Waals surface area contributed by atoms with Crippen LogP contribution in [0.25, 0.3) is 10.9 Å². The second-order valence-electron chi connectivity index (χ2n) is 9.45. The first kappa shape index (κ1) is 22.2. The highest BCUT2D eigenvalue weighted by Crippen LogP contribution is 2.57. The van der Waals surface area contributed by atoms with Crippen LogP contribution in [0.15, 0.2) is 24.4 Å². The lowest BCUT2D eigenvalue weighted by molar-refractivity contribution is 0.0454. The molecule has 0 spiro atoms. The normalized spacial score (nSPS) is 13.7. The molecule has 0 saturated heterocycles. The Morgan fingerprint density at radius 2 is 1.59 bits per heavy atom.